The van der Waals surface area contributed by atoms with Crippen LogP contribution in [0.4, 0.5) is 8.78 Å². The first-order chi connectivity index (χ1) is 18.6. The van der Waals surface area contributed by atoms with Crippen molar-refractivity contribution < 1.29 is 28.6 Å². The summed E-state index contributed by atoms with van der Waals surface area (Å²) in [5.41, 5.74) is 1.22. The number of nitrogens with one attached hydrogen (secondary N) is 1. The zero-order valence-corrected chi connectivity index (χ0v) is 22.2. The van der Waals surface area contributed by atoms with Gasteiger partial charge in [0.15, 0.2) is 0 Å². The Morgan fingerprint density at radius 1 is 1.21 bits per heavy atom. The van der Waals surface area contributed by atoms with Crippen LogP contribution in [0.1, 0.15) is 78.1 Å². The Labute approximate surface area is 225 Å². The maximum atomic E-state index is 14.3. The molecule has 0 radical (unpaired) electrons. The fourth-order valence-corrected chi connectivity index (χ4v) is 4.85. The molecule has 2 aromatic heterocycles. The number of pyridine rings is 2. The SMILES string of the molecule is CCCCc1nc(O)c(C(=O)N2CCC(c3ncc(F)cc3F)C2)c(O)c1-c1cccc(C(=O)NC(C)C)c1. The van der Waals surface area contributed by atoms with Crippen molar-refractivity contribution in [2.45, 2.75) is 58.4 Å². The normalized spacial score (nSPS) is 15.1. The summed E-state index contributed by atoms with van der Waals surface area (Å²) in [6.07, 6.45) is 3.31. The summed E-state index contributed by atoms with van der Waals surface area (Å²) in [7, 11) is 0. The number of carbonyl (C=O) groups is 2. The van der Waals surface area contributed by atoms with E-state index in [0.717, 1.165) is 25.1 Å². The van der Waals surface area contributed by atoms with Gasteiger partial charge in [0.05, 0.1) is 17.6 Å². The molecule has 2 amide bonds. The number of nitrogens with zero attached hydrogens (tertiary/aromatic N) is 3. The number of benzene rings is 1. The van der Waals surface area contributed by atoms with Crippen LogP contribution in [0.25, 0.3) is 11.1 Å². The van der Waals surface area contributed by atoms with Crippen LogP contribution in [0.2, 0.25) is 0 Å². The molecule has 0 saturated carbocycles. The maximum Gasteiger partial charge on any atom is 0.263 e. The van der Waals surface area contributed by atoms with Gasteiger partial charge in [-0.1, -0.05) is 25.5 Å². The molecule has 0 spiro atoms. The summed E-state index contributed by atoms with van der Waals surface area (Å²) in [5.74, 6) is -4.03. The standard InChI is InChI=1S/C29H32F2N4O4/c1-4-5-9-22-23(17-7-6-8-18(12-17)27(37)33-16(2)3)26(36)24(28(38)34-22)29(39)35-11-10-19(15-35)25-21(31)13-20(30)14-32-25/h6-8,12-14,16,19H,4-5,9-11,15H2,1-3H3,(H,33,37)(H2,34,36,38). The van der Waals surface area contributed by atoms with Crippen LogP contribution in [0.15, 0.2) is 36.5 Å². The van der Waals surface area contributed by atoms with Gasteiger partial charge in [-0.3, -0.25) is 14.6 Å². The molecule has 206 valence electrons. The number of rotatable bonds is 8. The highest BCUT2D eigenvalue weighted by Crippen LogP contribution is 2.41. The first-order valence-corrected chi connectivity index (χ1v) is 13.1. The van der Waals surface area contributed by atoms with E-state index in [-0.39, 0.29) is 41.9 Å². The van der Waals surface area contributed by atoms with Crippen LogP contribution in [0.5, 0.6) is 11.6 Å². The van der Waals surface area contributed by atoms with Crippen LogP contribution in [0.3, 0.4) is 0 Å². The highest BCUT2D eigenvalue weighted by Gasteiger charge is 2.34. The summed E-state index contributed by atoms with van der Waals surface area (Å²) in [5, 5.41) is 25.0. The molecule has 39 heavy (non-hydrogen) atoms. The van der Waals surface area contributed by atoms with Crippen LogP contribution < -0.4 is 5.32 Å². The molecule has 3 aromatic rings. The van der Waals surface area contributed by atoms with Gasteiger partial charge in [-0.05, 0) is 50.8 Å². The number of unbranched alkanes of at least 4 members (excludes halogenated alkanes) is 1. The van der Waals surface area contributed by atoms with E-state index in [1.165, 1.54) is 4.90 Å². The minimum atomic E-state index is -0.787. The van der Waals surface area contributed by atoms with E-state index < -0.39 is 35.1 Å². The molecule has 8 nitrogen and oxygen atoms in total. The van der Waals surface area contributed by atoms with Crippen LogP contribution >= 0.6 is 0 Å². The quantitative estimate of drug-likeness (QED) is 0.374. The van der Waals surface area contributed by atoms with Gasteiger partial charge in [0.1, 0.15) is 22.9 Å². The zero-order valence-electron chi connectivity index (χ0n) is 22.2. The van der Waals surface area contributed by atoms with Gasteiger partial charge in [-0.15, -0.1) is 0 Å². The van der Waals surface area contributed by atoms with Gasteiger partial charge in [0, 0.05) is 42.2 Å². The molecule has 1 aliphatic rings. The molecule has 1 aromatic carbocycles. The molecule has 1 unspecified atom stereocenters. The number of amides is 2. The topological polar surface area (TPSA) is 116 Å². The molecular weight excluding hydrogens is 506 g/mol. The first-order valence-electron chi connectivity index (χ1n) is 13.1. The second-order valence-electron chi connectivity index (χ2n) is 10.1. The van der Waals surface area contributed by atoms with E-state index in [1.54, 1.807) is 24.3 Å². The highest BCUT2D eigenvalue weighted by atomic mass is 19.1. The van der Waals surface area contributed by atoms with Gasteiger partial charge in [-0.2, -0.15) is 0 Å². The van der Waals surface area contributed by atoms with E-state index in [4.69, 9.17) is 0 Å². The van der Waals surface area contributed by atoms with Gasteiger partial charge >= 0.3 is 0 Å². The molecule has 3 heterocycles. The van der Waals surface area contributed by atoms with Gasteiger partial charge in [0.2, 0.25) is 5.88 Å². The average Bonchev–Trinajstić information content (AvgIpc) is 3.37. The number of halogens is 2. The molecule has 4 rings (SSSR count). The Kier molecular flexibility index (Phi) is 8.42. The van der Waals surface area contributed by atoms with Crippen molar-refractivity contribution in [1.82, 2.24) is 20.2 Å². The molecular formula is C29H32F2N4O4. The number of hydrogen-bond acceptors (Lipinski definition) is 6. The number of aromatic hydroxyl groups is 2. The first kappa shape index (κ1) is 27.9. The minimum absolute atomic E-state index is 0.0605. The number of carbonyl (C=O) groups excluding carboxylic acids is 2. The lowest BCUT2D eigenvalue weighted by Gasteiger charge is -2.21. The second kappa shape index (κ2) is 11.8. The predicted molar refractivity (Wildman–Crippen MR) is 142 cm³/mol. The van der Waals surface area contributed by atoms with E-state index in [1.807, 2.05) is 20.8 Å². The summed E-state index contributed by atoms with van der Waals surface area (Å²) in [6.45, 7) is 5.99. The molecule has 1 atom stereocenters. The number of likely N-dealkylation sites (tertiary alicyclic amines) is 1. The largest absolute Gasteiger partial charge is 0.506 e. The third kappa shape index (κ3) is 6.00. The third-order valence-electron chi connectivity index (χ3n) is 6.74. The number of aromatic nitrogens is 2. The number of aryl methyl sites for hydroxylation is 1. The van der Waals surface area contributed by atoms with Crippen LogP contribution in [0, 0.1) is 11.6 Å². The lowest BCUT2D eigenvalue weighted by molar-refractivity contribution is 0.0783. The predicted octanol–water partition coefficient (Wildman–Crippen LogP) is 4.94. The highest BCUT2D eigenvalue weighted by molar-refractivity contribution is 6.02. The third-order valence-corrected chi connectivity index (χ3v) is 6.74. The molecule has 1 aliphatic heterocycles. The van der Waals surface area contributed by atoms with Gasteiger partial charge < -0.3 is 20.4 Å². The molecule has 3 N–H and O–H groups in total. The summed E-state index contributed by atoms with van der Waals surface area (Å²) < 4.78 is 27.6. The van der Waals surface area contributed by atoms with E-state index in [2.05, 4.69) is 15.3 Å². The smallest absolute Gasteiger partial charge is 0.263 e. The molecule has 1 fully saturated rings. The van der Waals surface area contributed by atoms with Crippen molar-refractivity contribution in [3.05, 3.63) is 70.7 Å². The Morgan fingerprint density at radius 2 is 1.97 bits per heavy atom. The fourth-order valence-electron chi connectivity index (χ4n) is 4.85. The lowest BCUT2D eigenvalue weighted by Crippen LogP contribution is -2.30. The monoisotopic (exact) mass is 538 g/mol. The summed E-state index contributed by atoms with van der Waals surface area (Å²) in [4.78, 5) is 35.7. The Balaban J connectivity index is 1.71. The second-order valence-corrected chi connectivity index (χ2v) is 10.1. The van der Waals surface area contributed by atoms with Crippen molar-refractivity contribution in [2.24, 2.45) is 0 Å². The van der Waals surface area contributed by atoms with Crippen LogP contribution in [-0.2, 0) is 6.42 Å². The Bertz CT molecular complexity index is 1400. The van der Waals surface area contributed by atoms with Crippen molar-refractivity contribution >= 4 is 11.8 Å². The van der Waals surface area contributed by atoms with Crippen molar-refractivity contribution in [2.75, 3.05) is 13.1 Å². The average molecular weight is 539 g/mol. The summed E-state index contributed by atoms with van der Waals surface area (Å²) >= 11 is 0. The van der Waals surface area contributed by atoms with E-state index in [9.17, 15) is 28.6 Å². The molecule has 0 aliphatic carbocycles. The number of hydrogen-bond donors (Lipinski definition) is 3. The lowest BCUT2D eigenvalue weighted by atomic mass is 9.95. The van der Waals surface area contributed by atoms with Crippen molar-refractivity contribution in [1.29, 1.82) is 0 Å². The van der Waals surface area contributed by atoms with E-state index >= 15 is 0 Å². The Morgan fingerprint density at radius 3 is 2.67 bits per heavy atom. The zero-order chi connectivity index (χ0) is 28.3. The molecule has 1 saturated heterocycles. The van der Waals surface area contributed by atoms with Crippen LogP contribution in [-0.4, -0.2) is 56.0 Å². The van der Waals surface area contributed by atoms with Crippen molar-refractivity contribution in [3.8, 4) is 22.8 Å². The maximum absolute atomic E-state index is 14.3. The summed E-state index contributed by atoms with van der Waals surface area (Å²) in [6, 6.07) is 7.33. The van der Waals surface area contributed by atoms with Gasteiger partial charge in [-0.25, -0.2) is 13.8 Å². The minimum Gasteiger partial charge on any atom is -0.506 e. The molecule has 10 heteroatoms. The fraction of sp³-hybridized carbons (Fsp3) is 0.379. The van der Waals surface area contributed by atoms with Gasteiger partial charge in [0.25, 0.3) is 11.8 Å². The van der Waals surface area contributed by atoms with Crippen molar-refractivity contribution in [3.63, 3.8) is 0 Å². The molecule has 0 bridgehead atoms. The van der Waals surface area contributed by atoms with E-state index in [0.29, 0.717) is 29.7 Å². The Hall–Kier alpha value is -4.08.